The number of nitrogens with one attached hydrogen (secondary N) is 3. The maximum Gasteiger partial charge on any atom is 0.411 e. The van der Waals surface area contributed by atoms with Gasteiger partial charge in [0, 0.05) is 35.0 Å². The zero-order chi connectivity index (χ0) is 21.8. The van der Waals surface area contributed by atoms with Crippen LogP contribution in [-0.2, 0) is 4.74 Å². The topological polar surface area (TPSA) is 105 Å². The molecule has 1 aromatic carbocycles. The number of nitrogens with zero attached hydrogens (tertiary/aromatic N) is 1. The van der Waals surface area contributed by atoms with Crippen LogP contribution in [0.3, 0.4) is 0 Å². The number of amides is 1. The van der Waals surface area contributed by atoms with Crippen molar-refractivity contribution in [2.75, 3.05) is 17.7 Å². The van der Waals surface area contributed by atoms with E-state index in [-0.39, 0.29) is 17.7 Å². The van der Waals surface area contributed by atoms with E-state index in [9.17, 15) is 9.59 Å². The molecule has 0 radical (unpaired) electrons. The first kappa shape index (κ1) is 21.4. The minimum Gasteiger partial charge on any atom is -0.489 e. The fourth-order valence-corrected chi connectivity index (χ4v) is 3.16. The van der Waals surface area contributed by atoms with Crippen LogP contribution >= 0.6 is 11.6 Å². The van der Waals surface area contributed by atoms with Crippen LogP contribution in [0.4, 0.5) is 16.3 Å². The van der Waals surface area contributed by atoms with Crippen molar-refractivity contribution >= 4 is 40.1 Å². The number of aromatic nitrogens is 2. The summed E-state index contributed by atoms with van der Waals surface area (Å²) >= 11 is 6.33. The lowest BCUT2D eigenvalue weighted by Gasteiger charge is -2.16. The van der Waals surface area contributed by atoms with Crippen LogP contribution in [0.2, 0.25) is 5.02 Å². The third-order valence-electron chi connectivity index (χ3n) is 4.31. The minimum absolute atomic E-state index is 0.0351. The van der Waals surface area contributed by atoms with Crippen molar-refractivity contribution in [3.05, 3.63) is 57.5 Å². The molecule has 2 aromatic heterocycles. The minimum atomic E-state index is -0.580. The third kappa shape index (κ3) is 5.01. The summed E-state index contributed by atoms with van der Waals surface area (Å²) in [7, 11) is 1.29. The van der Waals surface area contributed by atoms with Gasteiger partial charge in [0.1, 0.15) is 11.6 Å². The van der Waals surface area contributed by atoms with Crippen molar-refractivity contribution in [2.24, 2.45) is 0 Å². The maximum atomic E-state index is 12.7. The highest BCUT2D eigenvalue weighted by molar-refractivity contribution is 6.32. The van der Waals surface area contributed by atoms with Gasteiger partial charge in [-0.05, 0) is 39.0 Å². The number of anilines is 2. The van der Waals surface area contributed by atoms with Crippen LogP contribution in [0.25, 0.3) is 10.9 Å². The Bertz CT molecular complexity index is 1130. The van der Waals surface area contributed by atoms with E-state index in [0.717, 1.165) is 5.39 Å². The normalized spacial score (nSPS) is 11.9. The molecule has 8 nitrogen and oxygen atoms in total. The molecule has 3 N–H and O–H groups in total. The van der Waals surface area contributed by atoms with Crippen LogP contribution in [0.1, 0.15) is 32.4 Å². The standard InChI is InChI=1S/C21H23ClN4O4/c1-11(2)30-18-10-17-13(8-16(18)22)7-15(20(27)26-17)12(3)24-19-9-14(5-6-23-19)25-21(28)29-4/h5-12H,1-4H3,(H,26,27)(H2,23,24,25,28). The van der Waals surface area contributed by atoms with Gasteiger partial charge in [-0.3, -0.25) is 10.1 Å². The van der Waals surface area contributed by atoms with Crippen molar-refractivity contribution < 1.29 is 14.3 Å². The Balaban J connectivity index is 1.87. The van der Waals surface area contributed by atoms with Gasteiger partial charge in [0.05, 0.1) is 29.8 Å². The van der Waals surface area contributed by atoms with Gasteiger partial charge in [-0.2, -0.15) is 0 Å². The second-order valence-electron chi connectivity index (χ2n) is 7.00. The Hall–Kier alpha value is -3.26. The summed E-state index contributed by atoms with van der Waals surface area (Å²) < 4.78 is 10.3. The number of rotatable bonds is 6. The van der Waals surface area contributed by atoms with E-state index in [0.29, 0.717) is 33.4 Å². The number of ether oxygens (including phenoxy) is 2. The molecule has 3 aromatic rings. The first-order valence-corrected chi connectivity index (χ1v) is 9.75. The van der Waals surface area contributed by atoms with Crippen molar-refractivity contribution in [3.8, 4) is 5.75 Å². The summed E-state index contributed by atoms with van der Waals surface area (Å²) in [4.78, 5) is 31.2. The Morgan fingerprint density at radius 3 is 2.67 bits per heavy atom. The molecule has 30 heavy (non-hydrogen) atoms. The third-order valence-corrected chi connectivity index (χ3v) is 4.61. The Morgan fingerprint density at radius 2 is 1.97 bits per heavy atom. The van der Waals surface area contributed by atoms with Crippen LogP contribution in [0.5, 0.6) is 5.75 Å². The highest BCUT2D eigenvalue weighted by Crippen LogP contribution is 2.30. The fourth-order valence-electron chi connectivity index (χ4n) is 2.95. The average Bonchev–Trinajstić information content (AvgIpc) is 2.68. The van der Waals surface area contributed by atoms with E-state index in [1.54, 1.807) is 36.5 Å². The van der Waals surface area contributed by atoms with Gasteiger partial charge in [-0.15, -0.1) is 0 Å². The molecule has 1 unspecified atom stereocenters. The predicted octanol–water partition coefficient (Wildman–Crippen LogP) is 4.72. The average molecular weight is 431 g/mol. The smallest absolute Gasteiger partial charge is 0.411 e. The summed E-state index contributed by atoms with van der Waals surface area (Å²) in [5, 5.41) is 6.99. The number of methoxy groups -OCH3 is 1. The lowest BCUT2D eigenvalue weighted by molar-refractivity contribution is 0.187. The summed E-state index contributed by atoms with van der Waals surface area (Å²) in [5.74, 6) is 1.02. The first-order valence-electron chi connectivity index (χ1n) is 9.37. The molecule has 3 rings (SSSR count). The molecule has 0 bridgehead atoms. The lowest BCUT2D eigenvalue weighted by atomic mass is 10.1. The number of fused-ring (bicyclic) bond motifs is 1. The molecule has 0 aliphatic rings. The number of halogens is 1. The van der Waals surface area contributed by atoms with Crippen molar-refractivity contribution in [1.29, 1.82) is 0 Å². The molecular formula is C21H23ClN4O4. The molecule has 0 saturated carbocycles. The molecule has 0 saturated heterocycles. The van der Waals surface area contributed by atoms with E-state index >= 15 is 0 Å². The van der Waals surface area contributed by atoms with Crippen LogP contribution < -0.4 is 20.9 Å². The number of hydrogen-bond acceptors (Lipinski definition) is 6. The largest absolute Gasteiger partial charge is 0.489 e. The van der Waals surface area contributed by atoms with Gasteiger partial charge in [0.2, 0.25) is 0 Å². The van der Waals surface area contributed by atoms with E-state index in [4.69, 9.17) is 16.3 Å². The Morgan fingerprint density at radius 1 is 1.20 bits per heavy atom. The van der Waals surface area contributed by atoms with E-state index in [1.807, 2.05) is 20.8 Å². The molecule has 2 heterocycles. The molecule has 0 aliphatic heterocycles. The van der Waals surface area contributed by atoms with Gasteiger partial charge in [0.25, 0.3) is 5.56 Å². The van der Waals surface area contributed by atoms with Gasteiger partial charge in [-0.25, -0.2) is 9.78 Å². The van der Waals surface area contributed by atoms with Crippen LogP contribution in [-0.4, -0.2) is 29.3 Å². The predicted molar refractivity (Wildman–Crippen MR) is 118 cm³/mol. The molecule has 1 amide bonds. The van der Waals surface area contributed by atoms with E-state index < -0.39 is 6.09 Å². The number of carbonyl (C=O) groups excluding carboxylic acids is 1. The fraction of sp³-hybridized carbons (Fsp3) is 0.286. The van der Waals surface area contributed by atoms with Crippen molar-refractivity contribution in [2.45, 2.75) is 32.9 Å². The number of aromatic amines is 1. The van der Waals surface area contributed by atoms with Gasteiger partial charge in [0.15, 0.2) is 0 Å². The Labute approximate surface area is 178 Å². The van der Waals surface area contributed by atoms with Gasteiger partial charge >= 0.3 is 6.09 Å². The molecular weight excluding hydrogens is 408 g/mol. The molecule has 0 fully saturated rings. The number of pyridine rings is 2. The maximum absolute atomic E-state index is 12.7. The van der Waals surface area contributed by atoms with Crippen molar-refractivity contribution in [3.63, 3.8) is 0 Å². The van der Waals surface area contributed by atoms with Gasteiger partial charge in [-0.1, -0.05) is 11.6 Å². The highest BCUT2D eigenvalue weighted by Gasteiger charge is 2.14. The van der Waals surface area contributed by atoms with Crippen LogP contribution in [0, 0.1) is 0 Å². The van der Waals surface area contributed by atoms with E-state index in [2.05, 4.69) is 25.3 Å². The van der Waals surface area contributed by atoms with Gasteiger partial charge < -0.3 is 19.8 Å². The summed E-state index contributed by atoms with van der Waals surface area (Å²) in [6.07, 6.45) is 0.928. The SMILES string of the molecule is COC(=O)Nc1ccnc(NC(C)c2cc3cc(Cl)c(OC(C)C)cc3[nH]c2=O)c1. The second-order valence-corrected chi connectivity index (χ2v) is 7.41. The monoisotopic (exact) mass is 430 g/mol. The molecule has 158 valence electrons. The van der Waals surface area contributed by atoms with E-state index in [1.165, 1.54) is 7.11 Å². The number of carbonyl (C=O) groups is 1. The molecule has 1 atom stereocenters. The van der Waals surface area contributed by atoms with Crippen molar-refractivity contribution in [1.82, 2.24) is 9.97 Å². The molecule has 9 heteroatoms. The number of hydrogen-bond donors (Lipinski definition) is 3. The number of H-pyrrole nitrogens is 1. The summed E-state index contributed by atoms with van der Waals surface area (Å²) in [6, 6.07) is 8.20. The highest BCUT2D eigenvalue weighted by atomic mass is 35.5. The Kier molecular flexibility index (Phi) is 6.47. The summed E-state index contributed by atoms with van der Waals surface area (Å²) in [5.41, 5.74) is 1.44. The zero-order valence-corrected chi connectivity index (χ0v) is 17.8. The molecule has 0 aliphatic carbocycles. The summed E-state index contributed by atoms with van der Waals surface area (Å²) in [6.45, 7) is 5.66. The first-order chi connectivity index (χ1) is 14.3. The quantitative estimate of drug-likeness (QED) is 0.522. The van der Waals surface area contributed by atoms with Crippen LogP contribution in [0.15, 0.2) is 41.3 Å². The second kappa shape index (κ2) is 9.04. The lowest BCUT2D eigenvalue weighted by Crippen LogP contribution is -2.20. The zero-order valence-electron chi connectivity index (χ0n) is 17.1. The number of benzene rings is 1. The molecule has 0 spiro atoms.